The van der Waals surface area contributed by atoms with Gasteiger partial charge in [0.15, 0.2) is 0 Å². The SMILES string of the molecule is NC(=O)C[C@H]1CC(C[C@@H]2CCC(=O)N2)C[C@H](Cc2cnc[nH]2)C1. The average Bonchev–Trinajstić information content (AvgIpc) is 3.10. The Morgan fingerprint density at radius 2 is 2.04 bits per heavy atom. The minimum absolute atomic E-state index is 0.175. The molecular formula is C17H26N4O2. The van der Waals surface area contributed by atoms with E-state index in [1.165, 1.54) is 0 Å². The van der Waals surface area contributed by atoms with Crippen LogP contribution in [-0.4, -0.2) is 27.8 Å². The number of nitrogens with two attached hydrogens (primary N) is 1. The van der Waals surface area contributed by atoms with Crippen LogP contribution in [0.1, 0.15) is 50.6 Å². The molecule has 2 aliphatic rings. The first-order chi connectivity index (χ1) is 11.1. The highest BCUT2D eigenvalue weighted by Gasteiger charge is 2.32. The summed E-state index contributed by atoms with van der Waals surface area (Å²) in [7, 11) is 0. The number of nitrogens with one attached hydrogen (secondary N) is 2. The Morgan fingerprint density at radius 1 is 1.26 bits per heavy atom. The van der Waals surface area contributed by atoms with Crippen LogP contribution in [0.3, 0.4) is 0 Å². The second-order valence-electron chi connectivity index (χ2n) is 7.30. The molecule has 23 heavy (non-hydrogen) atoms. The van der Waals surface area contributed by atoms with Gasteiger partial charge in [-0.3, -0.25) is 9.59 Å². The van der Waals surface area contributed by atoms with E-state index in [9.17, 15) is 9.59 Å². The van der Waals surface area contributed by atoms with Gasteiger partial charge in [0, 0.05) is 30.8 Å². The lowest BCUT2D eigenvalue weighted by Crippen LogP contribution is -2.33. The minimum Gasteiger partial charge on any atom is -0.370 e. The Kier molecular flexibility index (Phi) is 4.98. The number of rotatable bonds is 6. The molecule has 2 amide bonds. The number of carbonyl (C=O) groups excluding carboxylic acids is 2. The van der Waals surface area contributed by atoms with Crippen molar-refractivity contribution in [1.82, 2.24) is 15.3 Å². The van der Waals surface area contributed by atoms with Crippen molar-refractivity contribution >= 4 is 11.8 Å². The van der Waals surface area contributed by atoms with Gasteiger partial charge in [0.2, 0.25) is 11.8 Å². The van der Waals surface area contributed by atoms with Crippen LogP contribution in [0.5, 0.6) is 0 Å². The van der Waals surface area contributed by atoms with Crippen LogP contribution in [0.4, 0.5) is 0 Å². The number of amides is 2. The molecule has 1 aromatic heterocycles. The van der Waals surface area contributed by atoms with E-state index < -0.39 is 0 Å². The van der Waals surface area contributed by atoms with Gasteiger partial charge in [0.1, 0.15) is 0 Å². The number of H-pyrrole nitrogens is 1. The van der Waals surface area contributed by atoms with Gasteiger partial charge in [-0.15, -0.1) is 0 Å². The smallest absolute Gasteiger partial charge is 0.220 e. The van der Waals surface area contributed by atoms with Gasteiger partial charge in [-0.25, -0.2) is 4.98 Å². The van der Waals surface area contributed by atoms with Gasteiger partial charge in [-0.1, -0.05) is 0 Å². The highest BCUT2D eigenvalue weighted by atomic mass is 16.2. The van der Waals surface area contributed by atoms with E-state index in [0.29, 0.717) is 36.6 Å². The number of hydrogen-bond acceptors (Lipinski definition) is 3. The number of imidazole rings is 1. The fourth-order valence-corrected chi connectivity index (χ4v) is 4.48. The minimum atomic E-state index is -0.204. The van der Waals surface area contributed by atoms with Crippen LogP contribution >= 0.6 is 0 Å². The second kappa shape index (κ2) is 7.15. The van der Waals surface area contributed by atoms with Gasteiger partial charge >= 0.3 is 0 Å². The predicted molar refractivity (Wildman–Crippen MR) is 86.2 cm³/mol. The molecule has 6 heteroatoms. The third kappa shape index (κ3) is 4.56. The molecule has 0 radical (unpaired) electrons. The molecule has 0 bridgehead atoms. The summed E-state index contributed by atoms with van der Waals surface area (Å²) in [6.07, 6.45) is 10.9. The first-order valence-electron chi connectivity index (χ1n) is 8.63. The normalized spacial score (nSPS) is 31.0. The molecule has 1 aliphatic carbocycles. The molecule has 1 saturated heterocycles. The maximum Gasteiger partial charge on any atom is 0.220 e. The van der Waals surface area contributed by atoms with Crippen molar-refractivity contribution in [2.75, 3.05) is 0 Å². The summed E-state index contributed by atoms with van der Waals surface area (Å²) in [5.41, 5.74) is 6.58. The third-order valence-electron chi connectivity index (χ3n) is 5.26. The van der Waals surface area contributed by atoms with Crippen LogP contribution in [-0.2, 0) is 16.0 Å². The Hall–Kier alpha value is -1.85. The lowest BCUT2D eigenvalue weighted by Gasteiger charge is -2.35. The first-order valence-corrected chi connectivity index (χ1v) is 8.63. The number of aromatic amines is 1. The Morgan fingerprint density at radius 3 is 2.70 bits per heavy atom. The molecule has 4 atom stereocenters. The molecule has 1 saturated carbocycles. The van der Waals surface area contributed by atoms with Crippen molar-refractivity contribution in [2.24, 2.45) is 23.5 Å². The summed E-state index contributed by atoms with van der Waals surface area (Å²) < 4.78 is 0. The van der Waals surface area contributed by atoms with Crippen molar-refractivity contribution in [3.05, 3.63) is 18.2 Å². The Balaban J connectivity index is 1.60. The zero-order chi connectivity index (χ0) is 16.2. The maximum atomic E-state index is 11.4. The third-order valence-corrected chi connectivity index (χ3v) is 5.26. The van der Waals surface area contributed by atoms with Crippen molar-refractivity contribution in [1.29, 1.82) is 0 Å². The monoisotopic (exact) mass is 318 g/mol. The summed E-state index contributed by atoms with van der Waals surface area (Å²) in [6, 6.07) is 0.313. The zero-order valence-electron chi connectivity index (χ0n) is 13.5. The molecule has 2 fully saturated rings. The quantitative estimate of drug-likeness (QED) is 0.741. The van der Waals surface area contributed by atoms with E-state index in [1.807, 2.05) is 6.20 Å². The van der Waals surface area contributed by atoms with E-state index in [-0.39, 0.29) is 11.8 Å². The molecule has 6 nitrogen and oxygen atoms in total. The van der Waals surface area contributed by atoms with E-state index >= 15 is 0 Å². The second-order valence-corrected chi connectivity index (χ2v) is 7.30. The van der Waals surface area contributed by atoms with Crippen molar-refractivity contribution < 1.29 is 9.59 Å². The van der Waals surface area contributed by atoms with Crippen LogP contribution in [0.2, 0.25) is 0 Å². The molecule has 1 unspecified atom stereocenters. The van der Waals surface area contributed by atoms with Crippen molar-refractivity contribution in [2.45, 2.75) is 57.4 Å². The van der Waals surface area contributed by atoms with E-state index in [1.54, 1.807) is 6.33 Å². The van der Waals surface area contributed by atoms with E-state index in [2.05, 4.69) is 15.3 Å². The molecule has 0 spiro atoms. The van der Waals surface area contributed by atoms with Gasteiger partial charge in [0.05, 0.1) is 6.33 Å². The zero-order valence-corrected chi connectivity index (χ0v) is 13.5. The molecule has 1 aromatic rings. The molecule has 126 valence electrons. The summed E-state index contributed by atoms with van der Waals surface area (Å²) in [4.78, 5) is 30.0. The molecule has 1 aliphatic heterocycles. The van der Waals surface area contributed by atoms with Crippen LogP contribution in [0.15, 0.2) is 12.5 Å². The Labute approximate surface area is 136 Å². The van der Waals surface area contributed by atoms with Crippen LogP contribution in [0, 0.1) is 17.8 Å². The molecular weight excluding hydrogens is 292 g/mol. The van der Waals surface area contributed by atoms with Gasteiger partial charge in [-0.2, -0.15) is 0 Å². The fraction of sp³-hybridized carbons (Fsp3) is 0.706. The summed E-state index contributed by atoms with van der Waals surface area (Å²) in [5, 5.41) is 3.07. The van der Waals surface area contributed by atoms with Gasteiger partial charge in [-0.05, 0) is 56.3 Å². The molecule has 0 aromatic carbocycles. The number of nitrogens with zero attached hydrogens (tertiary/aromatic N) is 1. The topological polar surface area (TPSA) is 101 Å². The lowest BCUT2D eigenvalue weighted by atomic mass is 9.70. The molecule has 4 N–H and O–H groups in total. The van der Waals surface area contributed by atoms with Crippen LogP contribution < -0.4 is 11.1 Å². The standard InChI is InChI=1S/C17H26N4O2/c18-16(22)8-13-4-11(6-14-1-2-17(23)21-14)3-12(5-13)7-15-9-19-10-20-15/h9-14H,1-8H2,(H2,18,22)(H,19,20)(H,21,23)/t11?,12-,13-,14-/m0/s1. The summed E-state index contributed by atoms with van der Waals surface area (Å²) in [6.45, 7) is 0. The van der Waals surface area contributed by atoms with Crippen LogP contribution in [0.25, 0.3) is 0 Å². The highest BCUT2D eigenvalue weighted by molar-refractivity contribution is 5.78. The van der Waals surface area contributed by atoms with Gasteiger partial charge in [0.25, 0.3) is 0 Å². The predicted octanol–water partition coefficient (Wildman–Crippen LogP) is 1.53. The highest BCUT2D eigenvalue weighted by Crippen LogP contribution is 2.39. The summed E-state index contributed by atoms with van der Waals surface area (Å²) in [5.74, 6) is 1.45. The summed E-state index contributed by atoms with van der Waals surface area (Å²) >= 11 is 0. The van der Waals surface area contributed by atoms with E-state index in [4.69, 9.17) is 5.73 Å². The van der Waals surface area contributed by atoms with E-state index in [0.717, 1.165) is 44.2 Å². The van der Waals surface area contributed by atoms with Crippen molar-refractivity contribution in [3.63, 3.8) is 0 Å². The molecule has 2 heterocycles. The fourth-order valence-electron chi connectivity index (χ4n) is 4.48. The number of hydrogen-bond donors (Lipinski definition) is 3. The number of primary amides is 1. The maximum absolute atomic E-state index is 11.4. The Bertz CT molecular complexity index is 543. The van der Waals surface area contributed by atoms with Gasteiger partial charge < -0.3 is 16.0 Å². The van der Waals surface area contributed by atoms with Crippen molar-refractivity contribution in [3.8, 4) is 0 Å². The lowest BCUT2D eigenvalue weighted by molar-refractivity contribution is -0.120. The number of aromatic nitrogens is 2. The number of carbonyl (C=O) groups is 2. The average molecular weight is 318 g/mol. The largest absolute Gasteiger partial charge is 0.370 e. The molecule has 3 rings (SSSR count). The first kappa shape index (κ1) is 16.0.